The quantitative estimate of drug-likeness (QED) is 0.316. The van der Waals surface area contributed by atoms with Crippen LogP contribution in [0.2, 0.25) is 15.1 Å². The number of nitrogens with one attached hydrogen (secondary N) is 1. The van der Waals surface area contributed by atoms with E-state index in [1.54, 1.807) is 42.5 Å². The van der Waals surface area contributed by atoms with Gasteiger partial charge in [0.15, 0.2) is 0 Å². The van der Waals surface area contributed by atoms with Gasteiger partial charge in [-0.3, -0.25) is 9.59 Å². The minimum absolute atomic E-state index is 0.309. The lowest BCUT2D eigenvalue weighted by Gasteiger charge is -2.09. The van der Waals surface area contributed by atoms with Crippen LogP contribution in [0.3, 0.4) is 0 Å². The van der Waals surface area contributed by atoms with E-state index in [1.165, 1.54) is 11.6 Å². The van der Waals surface area contributed by atoms with E-state index in [1.807, 2.05) is 36.5 Å². The Balaban J connectivity index is 0.000000172. The summed E-state index contributed by atoms with van der Waals surface area (Å²) in [6, 6.07) is 22.3. The molecule has 0 amide bonds. The van der Waals surface area contributed by atoms with Gasteiger partial charge in [-0.1, -0.05) is 77.3 Å². The number of benzene rings is 3. The smallest absolute Gasteiger partial charge is 0.150 e. The first kappa shape index (κ1) is 25.3. The highest BCUT2D eigenvalue weighted by Gasteiger charge is 2.12. The van der Waals surface area contributed by atoms with Gasteiger partial charge in [0.1, 0.15) is 12.6 Å². The Labute approximate surface area is 202 Å². The van der Waals surface area contributed by atoms with Crippen molar-refractivity contribution in [3.8, 4) is 0 Å². The first-order valence-corrected chi connectivity index (χ1v) is 10.8. The van der Waals surface area contributed by atoms with Gasteiger partial charge in [-0.15, -0.1) is 0 Å². The van der Waals surface area contributed by atoms with Crippen LogP contribution in [0.15, 0.2) is 84.0 Å². The molecule has 4 rings (SSSR count). The number of hydrogen-bond acceptors (Lipinski definition) is 4. The number of carbonyl (C=O) groups is 2. The molecule has 1 unspecified atom stereocenters. The first-order chi connectivity index (χ1) is 15.5. The number of halogens is 3. The van der Waals surface area contributed by atoms with Gasteiger partial charge in [0.2, 0.25) is 0 Å². The van der Waals surface area contributed by atoms with Crippen molar-refractivity contribution in [3.05, 3.63) is 111 Å². The summed E-state index contributed by atoms with van der Waals surface area (Å²) in [7, 11) is 0. The molecule has 0 spiro atoms. The standard InChI is InChI=1S/C9H9ClN2.C9H7ClO.C7H5ClO/c10-8-3-1-2-7(6-8)9-4-5-11-12-9;10-9-5-1-3-8(7-9)4-2-6-11;8-7-3-1-2-6(4-7)5-9/h1-3,5-6,9,12H,4H2;1-7H;1-5H/b;4-2+;. The highest BCUT2D eigenvalue weighted by atomic mass is 35.5. The second-order valence-corrected chi connectivity index (χ2v) is 7.82. The third-order valence-electron chi connectivity index (χ3n) is 4.11. The van der Waals surface area contributed by atoms with Crippen molar-refractivity contribution in [3.63, 3.8) is 0 Å². The third kappa shape index (κ3) is 9.48. The Hall–Kier alpha value is -2.92. The maximum absolute atomic E-state index is 10.1. The molecule has 0 radical (unpaired) electrons. The van der Waals surface area contributed by atoms with Crippen molar-refractivity contribution in [1.29, 1.82) is 0 Å². The Morgan fingerprint density at radius 2 is 1.41 bits per heavy atom. The summed E-state index contributed by atoms with van der Waals surface area (Å²) in [4.78, 5) is 20.0. The molecular formula is C25H21Cl3N2O2. The molecular weight excluding hydrogens is 467 g/mol. The lowest BCUT2D eigenvalue weighted by atomic mass is 10.1. The molecule has 32 heavy (non-hydrogen) atoms. The molecule has 0 saturated heterocycles. The maximum Gasteiger partial charge on any atom is 0.150 e. The molecule has 1 aliphatic rings. The van der Waals surface area contributed by atoms with Gasteiger partial charge in [-0.05, 0) is 53.6 Å². The van der Waals surface area contributed by atoms with E-state index in [0.29, 0.717) is 21.7 Å². The molecule has 1 N–H and O–H groups in total. The van der Waals surface area contributed by atoms with E-state index in [2.05, 4.69) is 16.6 Å². The zero-order valence-corrected chi connectivity index (χ0v) is 19.3. The van der Waals surface area contributed by atoms with E-state index < -0.39 is 0 Å². The number of allylic oxidation sites excluding steroid dienone is 1. The summed E-state index contributed by atoms with van der Waals surface area (Å²) in [6.45, 7) is 0. The summed E-state index contributed by atoms with van der Waals surface area (Å²) in [5, 5.41) is 6.01. The van der Waals surface area contributed by atoms with Crippen LogP contribution in [0.1, 0.15) is 33.9 Å². The maximum atomic E-state index is 10.1. The molecule has 164 valence electrons. The average Bonchev–Trinajstić information content (AvgIpc) is 3.34. The highest BCUT2D eigenvalue weighted by molar-refractivity contribution is 6.31. The number of carbonyl (C=O) groups excluding carboxylic acids is 2. The summed E-state index contributed by atoms with van der Waals surface area (Å²) >= 11 is 17.1. The molecule has 0 aromatic heterocycles. The molecule has 0 saturated carbocycles. The predicted molar refractivity (Wildman–Crippen MR) is 134 cm³/mol. The predicted octanol–water partition coefficient (Wildman–Crippen LogP) is 7.06. The van der Waals surface area contributed by atoms with E-state index in [-0.39, 0.29) is 0 Å². The van der Waals surface area contributed by atoms with Crippen LogP contribution in [-0.4, -0.2) is 18.8 Å². The number of aldehydes is 2. The minimum atomic E-state index is 0.309. The average molecular weight is 488 g/mol. The van der Waals surface area contributed by atoms with Gasteiger partial charge in [0, 0.05) is 33.3 Å². The first-order valence-electron chi connectivity index (χ1n) is 9.62. The molecule has 3 aromatic carbocycles. The van der Waals surface area contributed by atoms with Gasteiger partial charge in [-0.25, -0.2) is 0 Å². The zero-order chi connectivity index (χ0) is 23.2. The topological polar surface area (TPSA) is 58.5 Å². The van der Waals surface area contributed by atoms with Crippen LogP contribution in [0.25, 0.3) is 6.08 Å². The van der Waals surface area contributed by atoms with E-state index in [0.717, 1.165) is 29.6 Å². The lowest BCUT2D eigenvalue weighted by Crippen LogP contribution is -2.08. The van der Waals surface area contributed by atoms with Gasteiger partial charge in [0.05, 0.1) is 6.04 Å². The summed E-state index contributed by atoms with van der Waals surface area (Å²) in [6.07, 6.45) is 7.48. The Bertz CT molecular complexity index is 1080. The van der Waals surface area contributed by atoms with Crippen LogP contribution >= 0.6 is 34.8 Å². The molecule has 1 atom stereocenters. The number of hydrogen-bond donors (Lipinski definition) is 1. The van der Waals surface area contributed by atoms with Crippen LogP contribution < -0.4 is 5.43 Å². The summed E-state index contributed by atoms with van der Waals surface area (Å²) in [5.74, 6) is 0. The fourth-order valence-corrected chi connectivity index (χ4v) is 3.22. The van der Waals surface area contributed by atoms with E-state index in [9.17, 15) is 9.59 Å². The normalized spacial score (nSPS) is 13.9. The largest absolute Gasteiger partial charge is 0.303 e. The van der Waals surface area contributed by atoms with Crippen molar-refractivity contribution in [2.75, 3.05) is 0 Å². The monoisotopic (exact) mass is 486 g/mol. The Kier molecular flexibility index (Phi) is 11.2. The fraction of sp³-hybridized carbons (Fsp3) is 0.0800. The molecule has 0 fully saturated rings. The van der Waals surface area contributed by atoms with Gasteiger partial charge in [0.25, 0.3) is 0 Å². The van der Waals surface area contributed by atoms with Crippen molar-refractivity contribution in [2.45, 2.75) is 12.5 Å². The van der Waals surface area contributed by atoms with Gasteiger partial charge in [-0.2, -0.15) is 5.10 Å². The molecule has 1 aliphatic heterocycles. The second kappa shape index (κ2) is 14.2. The van der Waals surface area contributed by atoms with Crippen molar-refractivity contribution in [1.82, 2.24) is 5.43 Å². The Morgan fingerprint density at radius 1 is 0.812 bits per heavy atom. The van der Waals surface area contributed by atoms with Crippen LogP contribution in [0.4, 0.5) is 0 Å². The van der Waals surface area contributed by atoms with Gasteiger partial charge < -0.3 is 5.43 Å². The van der Waals surface area contributed by atoms with Crippen LogP contribution in [0.5, 0.6) is 0 Å². The summed E-state index contributed by atoms with van der Waals surface area (Å²) < 4.78 is 0. The molecule has 3 aromatic rings. The molecule has 0 aliphatic carbocycles. The fourth-order valence-electron chi connectivity index (χ4n) is 2.63. The van der Waals surface area contributed by atoms with E-state index >= 15 is 0 Å². The van der Waals surface area contributed by atoms with E-state index in [4.69, 9.17) is 34.8 Å². The van der Waals surface area contributed by atoms with Crippen molar-refractivity contribution < 1.29 is 9.59 Å². The third-order valence-corrected chi connectivity index (χ3v) is 4.82. The number of hydrazone groups is 1. The van der Waals surface area contributed by atoms with Crippen LogP contribution in [-0.2, 0) is 4.79 Å². The van der Waals surface area contributed by atoms with Gasteiger partial charge >= 0.3 is 0 Å². The Morgan fingerprint density at radius 3 is 1.91 bits per heavy atom. The van der Waals surface area contributed by atoms with Crippen molar-refractivity contribution >= 4 is 59.7 Å². The lowest BCUT2D eigenvalue weighted by molar-refractivity contribution is -0.104. The second-order valence-electron chi connectivity index (χ2n) is 6.51. The highest BCUT2D eigenvalue weighted by Crippen LogP contribution is 2.21. The number of nitrogens with zero attached hydrogens (tertiary/aromatic N) is 1. The molecule has 0 bridgehead atoms. The molecule has 7 heteroatoms. The zero-order valence-electron chi connectivity index (χ0n) is 17.0. The molecule has 4 nitrogen and oxygen atoms in total. The number of rotatable bonds is 4. The molecule has 1 heterocycles. The SMILES string of the molecule is Clc1cccc(C2CC=NN2)c1.O=C/C=C/c1cccc(Cl)c1.O=Cc1cccc(Cl)c1. The minimum Gasteiger partial charge on any atom is -0.303 e. The van der Waals surface area contributed by atoms with Crippen LogP contribution in [0, 0.1) is 0 Å². The van der Waals surface area contributed by atoms with Crippen molar-refractivity contribution in [2.24, 2.45) is 5.10 Å². The summed E-state index contributed by atoms with van der Waals surface area (Å²) in [5.41, 5.74) is 5.75.